The summed E-state index contributed by atoms with van der Waals surface area (Å²) in [6.07, 6.45) is -2.63. The van der Waals surface area contributed by atoms with Crippen LogP contribution < -0.4 is 0 Å². The van der Waals surface area contributed by atoms with Gasteiger partial charge in [-0.1, -0.05) is 17.7 Å². The Hall–Kier alpha value is -1.15. The van der Waals surface area contributed by atoms with E-state index in [0.29, 0.717) is 0 Å². The number of hydrogen-bond donors (Lipinski definition) is 2. The minimum absolute atomic E-state index is 0.129. The van der Waals surface area contributed by atoms with Crippen molar-refractivity contribution in [2.45, 2.75) is 18.6 Å². The van der Waals surface area contributed by atoms with E-state index in [-0.39, 0.29) is 17.0 Å². The Bertz CT molecular complexity index is 391. The van der Waals surface area contributed by atoms with Crippen LogP contribution in [0.4, 0.5) is 4.39 Å². The van der Waals surface area contributed by atoms with Crippen molar-refractivity contribution in [2.75, 3.05) is 0 Å². The minimum Gasteiger partial charge on any atom is -0.389 e. The van der Waals surface area contributed by atoms with Gasteiger partial charge in [0.05, 0.1) is 23.6 Å². The Morgan fingerprint density at radius 2 is 2.13 bits per heavy atom. The van der Waals surface area contributed by atoms with Gasteiger partial charge in [0.2, 0.25) is 0 Å². The second kappa shape index (κ2) is 5.08. The van der Waals surface area contributed by atoms with Gasteiger partial charge in [-0.3, -0.25) is 0 Å². The summed E-state index contributed by atoms with van der Waals surface area (Å²) >= 11 is 5.51. The zero-order chi connectivity index (χ0) is 11.4. The van der Waals surface area contributed by atoms with Crippen LogP contribution in [0, 0.1) is 17.1 Å². The van der Waals surface area contributed by atoms with Gasteiger partial charge in [0.1, 0.15) is 11.9 Å². The van der Waals surface area contributed by atoms with Gasteiger partial charge < -0.3 is 10.2 Å². The first-order valence-electron chi connectivity index (χ1n) is 4.24. The number of hydrogen-bond acceptors (Lipinski definition) is 3. The molecule has 0 spiro atoms. The number of benzene rings is 1. The molecule has 2 N–H and O–H groups in total. The summed E-state index contributed by atoms with van der Waals surface area (Å²) in [5, 5.41) is 27.1. The third-order valence-electron chi connectivity index (χ3n) is 1.95. The summed E-state index contributed by atoms with van der Waals surface area (Å²) < 4.78 is 12.8. The summed E-state index contributed by atoms with van der Waals surface area (Å²) in [6, 6.07) is 5.36. The first kappa shape index (κ1) is 11.9. The lowest BCUT2D eigenvalue weighted by molar-refractivity contribution is 0.0216. The molecule has 0 radical (unpaired) electrons. The summed E-state index contributed by atoms with van der Waals surface area (Å²) in [4.78, 5) is 0. The van der Waals surface area contributed by atoms with E-state index in [4.69, 9.17) is 16.9 Å². The molecule has 15 heavy (non-hydrogen) atoms. The number of aliphatic hydroxyl groups excluding tert-OH is 2. The monoisotopic (exact) mass is 229 g/mol. The summed E-state index contributed by atoms with van der Waals surface area (Å²) in [5.41, 5.74) is 0.282. The van der Waals surface area contributed by atoms with Crippen molar-refractivity contribution in [3.05, 3.63) is 34.6 Å². The number of rotatable bonds is 3. The zero-order valence-electron chi connectivity index (χ0n) is 7.69. The van der Waals surface area contributed by atoms with Crippen LogP contribution in [0.15, 0.2) is 18.2 Å². The number of nitrogens with zero attached hydrogens (tertiary/aromatic N) is 1. The quantitative estimate of drug-likeness (QED) is 0.831. The molecule has 0 fully saturated rings. The van der Waals surface area contributed by atoms with Crippen molar-refractivity contribution < 1.29 is 14.6 Å². The molecule has 3 nitrogen and oxygen atoms in total. The van der Waals surface area contributed by atoms with Gasteiger partial charge in [-0.05, 0) is 17.7 Å². The maximum atomic E-state index is 12.8. The molecule has 80 valence electrons. The summed E-state index contributed by atoms with van der Waals surface area (Å²) in [7, 11) is 0. The Balaban J connectivity index is 2.87. The van der Waals surface area contributed by atoms with Crippen molar-refractivity contribution in [1.29, 1.82) is 5.26 Å². The molecule has 1 aromatic rings. The van der Waals surface area contributed by atoms with Crippen LogP contribution in [-0.2, 0) is 0 Å². The average Bonchev–Trinajstić information content (AvgIpc) is 2.21. The molecule has 0 aliphatic heterocycles. The van der Waals surface area contributed by atoms with Gasteiger partial charge in [0, 0.05) is 0 Å². The normalized spacial score (nSPS) is 14.3. The molecule has 1 rings (SSSR count). The summed E-state index contributed by atoms with van der Waals surface area (Å²) in [5.74, 6) is -0.595. The maximum absolute atomic E-state index is 12.8. The molecule has 1 aromatic carbocycles. The van der Waals surface area contributed by atoms with Crippen LogP contribution in [0.2, 0.25) is 5.02 Å². The Morgan fingerprint density at radius 3 is 2.67 bits per heavy atom. The van der Waals surface area contributed by atoms with E-state index in [0.717, 1.165) is 6.07 Å². The highest BCUT2D eigenvalue weighted by Crippen LogP contribution is 2.23. The molecule has 0 saturated carbocycles. The van der Waals surface area contributed by atoms with E-state index in [1.54, 1.807) is 6.07 Å². The molecule has 0 aliphatic rings. The molecular weight excluding hydrogens is 221 g/mol. The minimum atomic E-state index is -1.23. The van der Waals surface area contributed by atoms with E-state index in [2.05, 4.69) is 0 Å². The van der Waals surface area contributed by atoms with Crippen LogP contribution in [0.5, 0.6) is 0 Å². The fraction of sp³-hybridized carbons (Fsp3) is 0.300. The highest BCUT2D eigenvalue weighted by atomic mass is 35.5. The Labute approximate surface area is 91.3 Å². The van der Waals surface area contributed by atoms with E-state index >= 15 is 0 Å². The number of aliphatic hydroxyl groups is 2. The van der Waals surface area contributed by atoms with Crippen molar-refractivity contribution in [1.82, 2.24) is 0 Å². The lowest BCUT2D eigenvalue weighted by atomic mass is 10.0. The van der Waals surface area contributed by atoms with Crippen molar-refractivity contribution in [3.8, 4) is 6.07 Å². The molecule has 0 heterocycles. The fourth-order valence-corrected chi connectivity index (χ4v) is 1.31. The Kier molecular flexibility index (Phi) is 4.04. The molecule has 0 amide bonds. The van der Waals surface area contributed by atoms with Crippen LogP contribution in [0.25, 0.3) is 0 Å². The highest BCUT2D eigenvalue weighted by molar-refractivity contribution is 6.30. The highest BCUT2D eigenvalue weighted by Gasteiger charge is 2.18. The third kappa shape index (κ3) is 2.90. The van der Waals surface area contributed by atoms with Gasteiger partial charge in [0.15, 0.2) is 0 Å². The zero-order valence-corrected chi connectivity index (χ0v) is 8.45. The molecule has 0 saturated heterocycles. The summed E-state index contributed by atoms with van der Waals surface area (Å²) in [6.45, 7) is 0. The first-order chi connectivity index (χ1) is 7.06. The van der Waals surface area contributed by atoms with Gasteiger partial charge in [-0.25, -0.2) is 4.39 Å². The van der Waals surface area contributed by atoms with E-state index in [1.165, 1.54) is 12.1 Å². The molecular formula is C10H9ClFNO2. The lowest BCUT2D eigenvalue weighted by Gasteiger charge is -2.15. The van der Waals surface area contributed by atoms with Crippen molar-refractivity contribution in [2.24, 2.45) is 0 Å². The largest absolute Gasteiger partial charge is 0.389 e. The van der Waals surface area contributed by atoms with Crippen LogP contribution in [0.1, 0.15) is 18.1 Å². The molecule has 5 heteroatoms. The van der Waals surface area contributed by atoms with Crippen molar-refractivity contribution in [3.63, 3.8) is 0 Å². The maximum Gasteiger partial charge on any atom is 0.141 e. The fourth-order valence-electron chi connectivity index (χ4n) is 1.12. The topological polar surface area (TPSA) is 64.2 Å². The van der Waals surface area contributed by atoms with E-state index in [1.807, 2.05) is 0 Å². The SMILES string of the molecule is N#CCC(O)C(O)c1ccc(F)c(Cl)c1. The standard InChI is InChI=1S/C10H9ClFNO2/c11-7-5-6(1-2-8(7)12)10(15)9(14)3-4-13/h1-2,5,9-10,14-15H,3H2. The lowest BCUT2D eigenvalue weighted by Crippen LogP contribution is -2.17. The average molecular weight is 230 g/mol. The molecule has 0 bridgehead atoms. The molecule has 2 atom stereocenters. The number of halogens is 2. The van der Waals surface area contributed by atoms with Gasteiger partial charge in [0.25, 0.3) is 0 Å². The molecule has 2 unspecified atom stereocenters. The smallest absolute Gasteiger partial charge is 0.141 e. The van der Waals surface area contributed by atoms with Crippen LogP contribution >= 0.6 is 11.6 Å². The second-order valence-corrected chi connectivity index (χ2v) is 3.46. The van der Waals surface area contributed by atoms with Gasteiger partial charge >= 0.3 is 0 Å². The predicted octanol–water partition coefficient (Wildman–Crippen LogP) is 1.79. The third-order valence-corrected chi connectivity index (χ3v) is 2.24. The second-order valence-electron chi connectivity index (χ2n) is 3.05. The van der Waals surface area contributed by atoms with Crippen LogP contribution in [0.3, 0.4) is 0 Å². The Morgan fingerprint density at radius 1 is 1.47 bits per heavy atom. The van der Waals surface area contributed by atoms with Crippen LogP contribution in [-0.4, -0.2) is 16.3 Å². The predicted molar refractivity (Wildman–Crippen MR) is 52.6 cm³/mol. The first-order valence-corrected chi connectivity index (χ1v) is 4.62. The molecule has 0 aliphatic carbocycles. The van der Waals surface area contributed by atoms with Gasteiger partial charge in [-0.15, -0.1) is 0 Å². The van der Waals surface area contributed by atoms with E-state index < -0.39 is 18.0 Å². The van der Waals surface area contributed by atoms with Gasteiger partial charge in [-0.2, -0.15) is 5.26 Å². The molecule has 0 aromatic heterocycles. The van der Waals surface area contributed by atoms with Crippen molar-refractivity contribution >= 4 is 11.6 Å². The number of nitriles is 1. The van der Waals surface area contributed by atoms with E-state index in [9.17, 15) is 14.6 Å².